The highest BCUT2D eigenvalue weighted by atomic mass is 19.1. The lowest BCUT2D eigenvalue weighted by Crippen LogP contribution is -2.09. The summed E-state index contributed by atoms with van der Waals surface area (Å²) in [4.78, 5) is 26.8. The summed E-state index contributed by atoms with van der Waals surface area (Å²) >= 11 is 0. The van der Waals surface area contributed by atoms with Crippen LogP contribution in [0, 0.1) is 12.7 Å². The van der Waals surface area contributed by atoms with Gasteiger partial charge in [0.15, 0.2) is 11.6 Å². The molecule has 3 aromatic carbocycles. The van der Waals surface area contributed by atoms with Gasteiger partial charge in [0.1, 0.15) is 23.1 Å². The fourth-order valence-corrected chi connectivity index (χ4v) is 4.38. The maximum absolute atomic E-state index is 14.6. The number of nitrogens with zero attached hydrogens (tertiary/aromatic N) is 4. The number of nitrogen functional groups attached to an aromatic ring is 1. The number of benzene rings is 3. The van der Waals surface area contributed by atoms with Crippen LogP contribution in [0.3, 0.4) is 0 Å². The van der Waals surface area contributed by atoms with Crippen molar-refractivity contribution >= 4 is 22.5 Å². The number of hydrogen-bond donors (Lipinski definition) is 1. The van der Waals surface area contributed by atoms with Crippen molar-refractivity contribution in [1.29, 1.82) is 0 Å². The number of aryl methyl sites for hydroxylation is 2. The fourth-order valence-electron chi connectivity index (χ4n) is 4.38. The van der Waals surface area contributed by atoms with E-state index in [1.807, 2.05) is 54.9 Å². The second-order valence-electron chi connectivity index (χ2n) is 8.46. The first-order chi connectivity index (χ1) is 17.4. The van der Waals surface area contributed by atoms with Crippen LogP contribution in [0.2, 0.25) is 0 Å². The number of para-hydroxylation sites is 1. The third kappa shape index (κ3) is 3.96. The Morgan fingerprint density at radius 1 is 1.03 bits per heavy atom. The number of methoxy groups -OCH3 is 1. The predicted molar refractivity (Wildman–Crippen MR) is 137 cm³/mol. The molecule has 0 amide bonds. The molecule has 2 heterocycles. The van der Waals surface area contributed by atoms with Gasteiger partial charge in [-0.15, -0.1) is 0 Å². The molecule has 5 rings (SSSR count). The van der Waals surface area contributed by atoms with E-state index in [1.54, 1.807) is 12.1 Å². The number of ketones is 1. The van der Waals surface area contributed by atoms with Crippen LogP contribution in [0.1, 0.15) is 21.9 Å². The molecule has 0 fully saturated rings. The molecule has 7 nitrogen and oxygen atoms in total. The number of Topliss-reactive ketones (excluding diaryl/α,β-unsaturated/α-hetero) is 1. The normalized spacial score (nSPS) is 11.1. The number of hydrogen-bond acceptors (Lipinski definition) is 6. The van der Waals surface area contributed by atoms with E-state index in [1.165, 1.54) is 25.4 Å². The zero-order valence-electron chi connectivity index (χ0n) is 20.1. The van der Waals surface area contributed by atoms with E-state index in [2.05, 4.69) is 9.97 Å². The smallest absolute Gasteiger partial charge is 0.185 e. The largest absolute Gasteiger partial charge is 0.496 e. The molecule has 0 radical (unpaired) electrons. The quantitative estimate of drug-likeness (QED) is 0.266. The Kier molecular flexibility index (Phi) is 5.93. The minimum atomic E-state index is -0.531. The van der Waals surface area contributed by atoms with Gasteiger partial charge in [0.25, 0.3) is 0 Å². The number of halogens is 1. The van der Waals surface area contributed by atoms with Crippen molar-refractivity contribution in [2.75, 3.05) is 12.8 Å². The highest BCUT2D eigenvalue weighted by molar-refractivity contribution is 6.02. The van der Waals surface area contributed by atoms with Gasteiger partial charge in [-0.25, -0.2) is 19.3 Å². The summed E-state index contributed by atoms with van der Waals surface area (Å²) < 4.78 is 21.9. The summed E-state index contributed by atoms with van der Waals surface area (Å²) in [6.45, 7) is 1.93. The maximum atomic E-state index is 14.6. The van der Waals surface area contributed by atoms with E-state index in [-0.39, 0.29) is 35.0 Å². The lowest BCUT2D eigenvalue weighted by molar-refractivity contribution is 0.0988. The Balaban J connectivity index is 1.59. The van der Waals surface area contributed by atoms with Crippen LogP contribution in [-0.4, -0.2) is 32.4 Å². The minimum absolute atomic E-state index is 0.0556. The predicted octanol–water partition coefficient (Wildman–Crippen LogP) is 5.16. The van der Waals surface area contributed by atoms with Crippen LogP contribution in [0.25, 0.3) is 33.5 Å². The molecule has 0 spiro atoms. The molecule has 0 aliphatic carbocycles. The van der Waals surface area contributed by atoms with E-state index in [4.69, 9.17) is 15.5 Å². The van der Waals surface area contributed by atoms with Crippen molar-refractivity contribution in [2.45, 2.75) is 13.3 Å². The molecule has 0 saturated heterocycles. The van der Waals surface area contributed by atoms with Crippen molar-refractivity contribution in [1.82, 2.24) is 19.5 Å². The second kappa shape index (κ2) is 9.22. The van der Waals surface area contributed by atoms with Crippen molar-refractivity contribution in [3.8, 4) is 28.3 Å². The van der Waals surface area contributed by atoms with E-state index < -0.39 is 5.82 Å². The van der Waals surface area contributed by atoms with Gasteiger partial charge in [-0.2, -0.15) is 0 Å². The summed E-state index contributed by atoms with van der Waals surface area (Å²) in [5, 5.41) is 0. The Bertz CT molecular complexity index is 1630. The van der Waals surface area contributed by atoms with Crippen molar-refractivity contribution in [3.63, 3.8) is 0 Å². The Morgan fingerprint density at radius 3 is 2.61 bits per heavy atom. The highest BCUT2D eigenvalue weighted by Gasteiger charge is 2.21. The van der Waals surface area contributed by atoms with Gasteiger partial charge < -0.3 is 15.0 Å². The number of fused-ring (bicyclic) bond motifs is 1. The van der Waals surface area contributed by atoms with Gasteiger partial charge in [0, 0.05) is 36.5 Å². The zero-order valence-corrected chi connectivity index (χ0v) is 20.1. The van der Waals surface area contributed by atoms with Crippen LogP contribution < -0.4 is 10.5 Å². The van der Waals surface area contributed by atoms with Crippen LogP contribution in [-0.2, 0) is 13.5 Å². The first kappa shape index (κ1) is 23.2. The summed E-state index contributed by atoms with van der Waals surface area (Å²) in [6.07, 6.45) is 1.50. The first-order valence-corrected chi connectivity index (χ1v) is 11.4. The summed E-state index contributed by atoms with van der Waals surface area (Å²) in [5.41, 5.74) is 11.3. The number of imidazole rings is 1. The van der Waals surface area contributed by atoms with E-state index in [0.717, 1.165) is 33.5 Å². The van der Waals surface area contributed by atoms with Crippen molar-refractivity contribution in [2.24, 2.45) is 7.05 Å². The van der Waals surface area contributed by atoms with Gasteiger partial charge >= 0.3 is 0 Å². The van der Waals surface area contributed by atoms with Crippen LogP contribution in [0.5, 0.6) is 5.75 Å². The average molecular weight is 482 g/mol. The monoisotopic (exact) mass is 481 g/mol. The molecule has 8 heteroatoms. The number of carbonyl (C=O) groups is 1. The lowest BCUT2D eigenvalue weighted by Gasteiger charge is -2.13. The summed E-state index contributed by atoms with van der Waals surface area (Å²) in [6, 6.07) is 17.4. The molecule has 2 N–H and O–H groups in total. The van der Waals surface area contributed by atoms with Crippen molar-refractivity contribution < 1.29 is 13.9 Å². The van der Waals surface area contributed by atoms with Crippen LogP contribution >= 0.6 is 0 Å². The molecule has 36 heavy (non-hydrogen) atoms. The minimum Gasteiger partial charge on any atom is -0.496 e. The van der Waals surface area contributed by atoms with Gasteiger partial charge in [-0.1, -0.05) is 30.3 Å². The molecular formula is C28H24FN5O2. The molecule has 180 valence electrons. The lowest BCUT2D eigenvalue weighted by atomic mass is 9.93. The molecule has 0 atom stereocenters. The molecule has 2 aromatic heterocycles. The number of ether oxygens (including phenoxy) is 1. The molecular weight excluding hydrogens is 457 g/mol. The van der Waals surface area contributed by atoms with Crippen LogP contribution in [0.4, 0.5) is 10.1 Å². The average Bonchev–Trinajstić information content (AvgIpc) is 3.17. The number of carbonyl (C=O) groups excluding carboxylic acids is 1. The number of rotatable bonds is 6. The van der Waals surface area contributed by atoms with Gasteiger partial charge in [0.2, 0.25) is 0 Å². The standard InChI is InChI=1S/C28H24FN5O2/c1-16-32-27-22(34(16)2)12-11-17(25(27)18-7-4-5-9-20(18)30)15-23(35)21-13-14-31-28(33-21)26-19(29)8-6-10-24(26)36-3/h4-14H,15,30H2,1-3H3. The maximum Gasteiger partial charge on any atom is 0.185 e. The summed E-state index contributed by atoms with van der Waals surface area (Å²) in [7, 11) is 3.40. The second-order valence-corrected chi connectivity index (χ2v) is 8.46. The van der Waals surface area contributed by atoms with Gasteiger partial charge in [0.05, 0.1) is 23.7 Å². The van der Waals surface area contributed by atoms with Gasteiger partial charge in [-0.05, 0) is 42.8 Å². The zero-order chi connectivity index (χ0) is 25.4. The third-order valence-corrected chi connectivity index (χ3v) is 6.30. The SMILES string of the molecule is COc1cccc(F)c1-c1nccc(C(=O)Cc2ccc3c(nc(C)n3C)c2-c2ccccc2N)n1. The van der Waals surface area contributed by atoms with Gasteiger partial charge in [-0.3, -0.25) is 4.79 Å². The topological polar surface area (TPSA) is 95.9 Å². The van der Waals surface area contributed by atoms with E-state index >= 15 is 0 Å². The number of aromatic nitrogens is 4. The molecule has 0 unspecified atom stereocenters. The summed E-state index contributed by atoms with van der Waals surface area (Å²) in [5.74, 6) is 0.452. The Labute approximate surface area is 207 Å². The molecule has 0 bridgehead atoms. The Morgan fingerprint density at radius 2 is 1.83 bits per heavy atom. The first-order valence-electron chi connectivity index (χ1n) is 11.4. The molecule has 5 aromatic rings. The molecule has 0 aliphatic heterocycles. The highest BCUT2D eigenvalue weighted by Crippen LogP contribution is 2.36. The third-order valence-electron chi connectivity index (χ3n) is 6.30. The number of anilines is 1. The van der Waals surface area contributed by atoms with E-state index in [9.17, 15) is 9.18 Å². The number of nitrogens with two attached hydrogens (primary N) is 1. The van der Waals surface area contributed by atoms with Crippen molar-refractivity contribution in [3.05, 3.63) is 89.8 Å². The Hall–Kier alpha value is -4.59. The molecule has 0 aliphatic rings. The fraction of sp³-hybridized carbons (Fsp3) is 0.143. The van der Waals surface area contributed by atoms with Crippen LogP contribution in [0.15, 0.2) is 66.9 Å². The van der Waals surface area contributed by atoms with E-state index in [0.29, 0.717) is 5.69 Å². The molecule has 0 saturated carbocycles.